The van der Waals surface area contributed by atoms with Gasteiger partial charge in [0.05, 0.1) is 34.6 Å². The minimum Gasteiger partial charge on any atom is -0.483 e. The Balaban J connectivity index is 1.45. The molecule has 4 aromatic rings. The van der Waals surface area contributed by atoms with Gasteiger partial charge in [-0.1, -0.05) is 13.8 Å². The Labute approximate surface area is 205 Å². The van der Waals surface area contributed by atoms with Crippen LogP contribution in [0.15, 0.2) is 24.4 Å². The van der Waals surface area contributed by atoms with Crippen LogP contribution < -0.4 is 14.8 Å². The smallest absolute Gasteiger partial charge is 0.407 e. The van der Waals surface area contributed by atoms with Gasteiger partial charge < -0.3 is 19.5 Å². The van der Waals surface area contributed by atoms with Gasteiger partial charge in [-0.05, 0) is 30.5 Å². The fraction of sp³-hybridized carbons (Fsp3) is 0.360. The molecule has 2 aromatic carbocycles. The van der Waals surface area contributed by atoms with E-state index < -0.39 is 18.0 Å². The van der Waals surface area contributed by atoms with Gasteiger partial charge in [0.25, 0.3) is 0 Å². The molecule has 1 aliphatic rings. The van der Waals surface area contributed by atoms with Crippen molar-refractivity contribution in [1.82, 2.24) is 20.3 Å². The van der Waals surface area contributed by atoms with E-state index in [2.05, 4.69) is 15.3 Å². The second-order valence-corrected chi connectivity index (χ2v) is 9.94. The minimum absolute atomic E-state index is 0.0329. The summed E-state index contributed by atoms with van der Waals surface area (Å²) in [6.07, 6.45) is 1.03. The van der Waals surface area contributed by atoms with Crippen molar-refractivity contribution < 1.29 is 23.4 Å². The number of thiazole rings is 1. The van der Waals surface area contributed by atoms with Gasteiger partial charge in [-0.3, -0.25) is 0 Å². The third kappa shape index (κ3) is 4.58. The highest BCUT2D eigenvalue weighted by Gasteiger charge is 2.31. The van der Waals surface area contributed by atoms with Gasteiger partial charge >= 0.3 is 6.09 Å². The lowest BCUT2D eigenvalue weighted by Crippen LogP contribution is -2.31. The first-order valence-corrected chi connectivity index (χ1v) is 12.1. The number of fused-ring (bicyclic) bond motifs is 4. The Morgan fingerprint density at radius 2 is 2.11 bits per heavy atom. The Morgan fingerprint density at radius 1 is 1.29 bits per heavy atom. The zero-order chi connectivity index (χ0) is 24.7. The lowest BCUT2D eigenvalue weighted by Gasteiger charge is -2.12. The molecular formula is C25H25FN4O4S. The van der Waals surface area contributed by atoms with Gasteiger partial charge in [0.15, 0.2) is 11.6 Å². The van der Waals surface area contributed by atoms with Crippen LogP contribution in [0.2, 0.25) is 0 Å². The zero-order valence-corrected chi connectivity index (χ0v) is 20.7. The number of hydrogen-bond donors (Lipinski definition) is 1. The second-order valence-electron chi connectivity index (χ2n) is 8.94. The Morgan fingerprint density at radius 3 is 2.89 bits per heavy atom. The first-order valence-electron chi connectivity index (χ1n) is 11.3. The SMILES string of the molecule is COc1cnc2c(-c3nc4cc(F)c5c(c4s3)C[C@@H](COC(=O)NCC(C)C)O5)cc(C)cc2n1. The molecule has 1 amide bonds. The van der Waals surface area contributed by atoms with Crippen LogP contribution in [-0.4, -0.2) is 47.4 Å². The molecule has 1 atom stereocenters. The predicted molar refractivity (Wildman–Crippen MR) is 132 cm³/mol. The maximum absolute atomic E-state index is 14.9. The Bertz CT molecular complexity index is 1440. The average Bonchev–Trinajstić information content (AvgIpc) is 3.45. The van der Waals surface area contributed by atoms with Crippen molar-refractivity contribution in [3.63, 3.8) is 0 Å². The molecule has 8 nitrogen and oxygen atoms in total. The minimum atomic E-state index is -0.506. The van der Waals surface area contributed by atoms with E-state index >= 15 is 0 Å². The van der Waals surface area contributed by atoms with Crippen LogP contribution in [0.1, 0.15) is 25.0 Å². The van der Waals surface area contributed by atoms with Crippen molar-refractivity contribution in [2.75, 3.05) is 20.3 Å². The summed E-state index contributed by atoms with van der Waals surface area (Å²) in [7, 11) is 1.55. The molecule has 1 aliphatic heterocycles. The normalized spacial score (nSPS) is 14.9. The first-order chi connectivity index (χ1) is 16.8. The van der Waals surface area contributed by atoms with E-state index in [-0.39, 0.29) is 12.4 Å². The lowest BCUT2D eigenvalue weighted by atomic mass is 10.1. The van der Waals surface area contributed by atoms with E-state index in [9.17, 15) is 9.18 Å². The molecule has 5 rings (SSSR count). The van der Waals surface area contributed by atoms with Gasteiger partial charge in [-0.2, -0.15) is 0 Å². The van der Waals surface area contributed by atoms with Crippen LogP contribution in [0.5, 0.6) is 11.6 Å². The number of nitrogens with zero attached hydrogens (tertiary/aromatic N) is 3. The number of aryl methyl sites for hydroxylation is 1. The van der Waals surface area contributed by atoms with Crippen LogP contribution >= 0.6 is 11.3 Å². The summed E-state index contributed by atoms with van der Waals surface area (Å²) in [5, 5.41) is 3.41. The van der Waals surface area contributed by atoms with E-state index in [4.69, 9.17) is 19.2 Å². The summed E-state index contributed by atoms with van der Waals surface area (Å²) in [5.74, 6) is 0.467. The topological polar surface area (TPSA) is 95.5 Å². The number of halogens is 1. The molecule has 0 fully saturated rings. The fourth-order valence-electron chi connectivity index (χ4n) is 4.05. The van der Waals surface area contributed by atoms with Crippen LogP contribution in [0.3, 0.4) is 0 Å². The van der Waals surface area contributed by atoms with E-state index in [1.165, 1.54) is 17.4 Å². The maximum Gasteiger partial charge on any atom is 0.407 e. The number of aromatic nitrogens is 3. The molecular weight excluding hydrogens is 471 g/mol. The molecule has 0 unspecified atom stereocenters. The van der Waals surface area contributed by atoms with Crippen molar-refractivity contribution in [1.29, 1.82) is 0 Å². The molecule has 0 saturated carbocycles. The summed E-state index contributed by atoms with van der Waals surface area (Å²) >= 11 is 1.46. The summed E-state index contributed by atoms with van der Waals surface area (Å²) < 4.78 is 32.0. The molecule has 182 valence electrons. The van der Waals surface area contributed by atoms with Crippen LogP contribution in [0, 0.1) is 18.7 Å². The third-order valence-electron chi connectivity index (χ3n) is 5.66. The summed E-state index contributed by atoms with van der Waals surface area (Å²) in [5.41, 5.74) is 4.52. The number of amides is 1. The van der Waals surface area contributed by atoms with E-state index in [1.807, 2.05) is 32.9 Å². The monoisotopic (exact) mass is 496 g/mol. The van der Waals surface area contributed by atoms with Crippen LogP contribution in [0.4, 0.5) is 9.18 Å². The second kappa shape index (κ2) is 9.26. The van der Waals surface area contributed by atoms with Crippen molar-refractivity contribution in [3.05, 3.63) is 41.3 Å². The maximum atomic E-state index is 14.9. The predicted octanol–water partition coefficient (Wildman–Crippen LogP) is 5.05. The van der Waals surface area contributed by atoms with E-state index in [0.717, 1.165) is 21.4 Å². The molecule has 1 N–H and O–H groups in total. The largest absolute Gasteiger partial charge is 0.483 e. The average molecular weight is 497 g/mol. The zero-order valence-electron chi connectivity index (χ0n) is 19.8. The number of carbonyl (C=O) groups excluding carboxylic acids is 1. The number of ether oxygens (including phenoxy) is 3. The fourth-order valence-corrected chi connectivity index (χ4v) is 5.16. The van der Waals surface area contributed by atoms with Crippen molar-refractivity contribution >= 4 is 38.7 Å². The van der Waals surface area contributed by atoms with Crippen molar-refractivity contribution in [3.8, 4) is 22.2 Å². The summed E-state index contributed by atoms with van der Waals surface area (Å²) in [6.45, 7) is 6.53. The Hall–Kier alpha value is -3.53. The lowest BCUT2D eigenvalue weighted by molar-refractivity contribution is 0.0905. The standard InChI is InChI=1S/C25H25FN4O4S/c1-12(2)9-28-25(31)33-11-14-7-16-22(34-14)17(26)8-19-23(16)35-24(30-19)15-5-13(3)6-18-21(15)27-10-20(29-18)32-4/h5-6,8,10,12,14H,7,9,11H2,1-4H3,(H,28,31)/t14-/m0/s1. The van der Waals surface area contributed by atoms with Gasteiger partial charge in [0, 0.05) is 30.2 Å². The number of rotatable bonds is 6. The summed E-state index contributed by atoms with van der Waals surface area (Å²) in [4.78, 5) is 25.7. The van der Waals surface area contributed by atoms with Gasteiger partial charge in [0.2, 0.25) is 5.88 Å². The van der Waals surface area contributed by atoms with Crippen LogP contribution in [0.25, 0.3) is 31.8 Å². The molecule has 0 bridgehead atoms. The quantitative estimate of drug-likeness (QED) is 0.399. The number of nitrogens with one attached hydrogen (secondary N) is 1. The number of hydrogen-bond acceptors (Lipinski definition) is 8. The first kappa shape index (κ1) is 23.2. The number of benzene rings is 2. The summed E-state index contributed by atoms with van der Waals surface area (Å²) in [6, 6.07) is 5.33. The number of carbonyl (C=O) groups is 1. The van der Waals surface area contributed by atoms with Crippen molar-refractivity contribution in [2.45, 2.75) is 33.3 Å². The molecule has 0 radical (unpaired) electrons. The van der Waals surface area contributed by atoms with E-state index in [0.29, 0.717) is 46.3 Å². The van der Waals surface area contributed by atoms with Gasteiger partial charge in [0.1, 0.15) is 17.7 Å². The molecule has 0 saturated heterocycles. The van der Waals surface area contributed by atoms with Crippen LogP contribution in [-0.2, 0) is 11.2 Å². The third-order valence-corrected chi connectivity index (χ3v) is 6.83. The molecule has 0 aliphatic carbocycles. The molecule has 2 aromatic heterocycles. The Kier molecular flexibility index (Phi) is 6.14. The van der Waals surface area contributed by atoms with Gasteiger partial charge in [-0.25, -0.2) is 24.1 Å². The highest BCUT2D eigenvalue weighted by atomic mass is 32.1. The molecule has 10 heteroatoms. The van der Waals surface area contributed by atoms with E-state index in [1.54, 1.807) is 13.3 Å². The highest BCUT2D eigenvalue weighted by Crippen LogP contribution is 2.43. The van der Waals surface area contributed by atoms with Crippen molar-refractivity contribution in [2.24, 2.45) is 5.92 Å². The molecule has 3 heterocycles. The number of methoxy groups -OCH3 is 1. The number of alkyl carbamates (subject to hydrolysis) is 1. The van der Waals surface area contributed by atoms with Gasteiger partial charge in [-0.15, -0.1) is 11.3 Å². The highest BCUT2D eigenvalue weighted by molar-refractivity contribution is 7.22. The molecule has 0 spiro atoms. The molecule has 35 heavy (non-hydrogen) atoms.